The summed E-state index contributed by atoms with van der Waals surface area (Å²) in [6, 6.07) is 12.5. The highest BCUT2D eigenvalue weighted by Crippen LogP contribution is 2.24. The molecule has 0 atom stereocenters. The van der Waals surface area contributed by atoms with Gasteiger partial charge in [0.25, 0.3) is 0 Å². The number of alkyl halides is 3. The molecule has 2 rings (SSSR count). The van der Waals surface area contributed by atoms with Gasteiger partial charge in [-0.2, -0.15) is 0 Å². The Kier molecular flexibility index (Phi) is 6.10. The highest BCUT2D eigenvalue weighted by molar-refractivity contribution is 5.80. The van der Waals surface area contributed by atoms with E-state index in [9.17, 15) is 18.0 Å². The summed E-state index contributed by atoms with van der Waals surface area (Å²) in [4.78, 5) is 11.8. The first-order chi connectivity index (χ1) is 11.9. The molecule has 0 aliphatic rings. The number of hydrogen-bond donors (Lipinski definition) is 2. The first kappa shape index (κ1) is 18.4. The van der Waals surface area contributed by atoms with Crippen molar-refractivity contribution in [2.24, 2.45) is 0 Å². The number of methoxy groups -OCH3 is 1. The van der Waals surface area contributed by atoms with Crippen molar-refractivity contribution < 1.29 is 27.4 Å². The van der Waals surface area contributed by atoms with Gasteiger partial charge in [0.1, 0.15) is 11.5 Å². The molecular weight excluding hydrogens is 337 g/mol. The Morgan fingerprint density at radius 3 is 2.44 bits per heavy atom. The molecule has 134 valence electrons. The maximum absolute atomic E-state index is 12.2. The van der Waals surface area contributed by atoms with Gasteiger partial charge in [0.05, 0.1) is 13.7 Å². The Labute approximate surface area is 142 Å². The van der Waals surface area contributed by atoms with Crippen molar-refractivity contribution in [2.75, 3.05) is 19.0 Å². The van der Waals surface area contributed by atoms with Crippen LogP contribution in [-0.4, -0.2) is 25.9 Å². The van der Waals surface area contributed by atoms with Gasteiger partial charge in [-0.15, -0.1) is 13.2 Å². The number of benzene rings is 2. The molecule has 0 bridgehead atoms. The van der Waals surface area contributed by atoms with E-state index in [0.717, 1.165) is 11.3 Å². The number of ether oxygens (including phenoxy) is 2. The van der Waals surface area contributed by atoms with Gasteiger partial charge in [-0.1, -0.05) is 18.2 Å². The summed E-state index contributed by atoms with van der Waals surface area (Å²) >= 11 is 0. The number of carbonyl (C=O) groups excluding carboxylic acids is 1. The molecule has 0 saturated carbocycles. The standard InChI is InChI=1S/C17H17F3N2O3/c1-24-14-7-5-12(6-8-14)10-22-16(23)11-21-13-3-2-4-15(9-13)25-17(18,19)20/h2-9,21H,10-11H2,1H3,(H,22,23). The zero-order valence-electron chi connectivity index (χ0n) is 13.4. The molecule has 0 aliphatic heterocycles. The van der Waals surface area contributed by atoms with Gasteiger partial charge in [-0.05, 0) is 29.8 Å². The quantitative estimate of drug-likeness (QED) is 0.801. The summed E-state index contributed by atoms with van der Waals surface area (Å²) in [7, 11) is 1.57. The summed E-state index contributed by atoms with van der Waals surface area (Å²) in [6.45, 7) is 0.257. The Bertz CT molecular complexity index is 703. The normalized spacial score (nSPS) is 10.9. The van der Waals surface area contributed by atoms with Crippen LogP contribution in [0, 0.1) is 0 Å². The van der Waals surface area contributed by atoms with Crippen LogP contribution in [0.2, 0.25) is 0 Å². The molecule has 1 amide bonds. The van der Waals surface area contributed by atoms with Crippen molar-refractivity contribution in [3.63, 3.8) is 0 Å². The number of rotatable bonds is 7. The Hall–Kier alpha value is -2.90. The first-order valence-corrected chi connectivity index (χ1v) is 7.35. The highest BCUT2D eigenvalue weighted by Gasteiger charge is 2.31. The molecule has 2 aromatic rings. The maximum Gasteiger partial charge on any atom is 0.573 e. The van der Waals surface area contributed by atoms with Crippen LogP contribution in [0.1, 0.15) is 5.56 Å². The van der Waals surface area contributed by atoms with Crippen LogP contribution in [0.25, 0.3) is 0 Å². The molecule has 0 heterocycles. The molecule has 0 fully saturated rings. The van der Waals surface area contributed by atoms with Crippen LogP contribution in [0.3, 0.4) is 0 Å². The predicted molar refractivity (Wildman–Crippen MR) is 86.5 cm³/mol. The van der Waals surface area contributed by atoms with Crippen LogP contribution in [0.4, 0.5) is 18.9 Å². The van der Waals surface area contributed by atoms with Crippen LogP contribution in [-0.2, 0) is 11.3 Å². The molecule has 0 aliphatic carbocycles. The number of carbonyl (C=O) groups is 1. The molecule has 0 unspecified atom stereocenters. The second-order valence-corrected chi connectivity index (χ2v) is 5.05. The molecule has 8 heteroatoms. The lowest BCUT2D eigenvalue weighted by Crippen LogP contribution is -2.29. The lowest BCUT2D eigenvalue weighted by Gasteiger charge is -2.11. The summed E-state index contributed by atoms with van der Waals surface area (Å²) in [5, 5.41) is 5.45. The number of halogens is 3. The van der Waals surface area contributed by atoms with E-state index in [1.54, 1.807) is 25.3 Å². The third kappa shape index (κ3) is 6.62. The number of anilines is 1. The Morgan fingerprint density at radius 1 is 1.08 bits per heavy atom. The van der Waals surface area contributed by atoms with E-state index in [0.29, 0.717) is 12.2 Å². The summed E-state index contributed by atoms with van der Waals surface area (Å²) in [6.07, 6.45) is -4.76. The number of hydrogen-bond acceptors (Lipinski definition) is 4. The van der Waals surface area contributed by atoms with Gasteiger partial charge in [0.15, 0.2) is 0 Å². The Morgan fingerprint density at radius 2 is 1.80 bits per heavy atom. The van der Waals surface area contributed by atoms with E-state index in [-0.39, 0.29) is 18.2 Å². The fraction of sp³-hybridized carbons (Fsp3) is 0.235. The molecular formula is C17H17F3N2O3. The minimum Gasteiger partial charge on any atom is -0.497 e. The fourth-order valence-electron chi connectivity index (χ4n) is 1.99. The van der Waals surface area contributed by atoms with E-state index in [1.165, 1.54) is 18.2 Å². The largest absolute Gasteiger partial charge is 0.573 e. The Balaban J connectivity index is 1.80. The van der Waals surface area contributed by atoms with Crippen LogP contribution in [0.15, 0.2) is 48.5 Å². The van der Waals surface area contributed by atoms with Crippen molar-refractivity contribution in [3.8, 4) is 11.5 Å². The second-order valence-electron chi connectivity index (χ2n) is 5.05. The number of nitrogens with one attached hydrogen (secondary N) is 2. The van der Waals surface area contributed by atoms with Crippen molar-refractivity contribution in [1.82, 2.24) is 5.32 Å². The van der Waals surface area contributed by atoms with Crippen molar-refractivity contribution >= 4 is 11.6 Å². The topological polar surface area (TPSA) is 59.6 Å². The van der Waals surface area contributed by atoms with Gasteiger partial charge in [0, 0.05) is 18.3 Å². The van der Waals surface area contributed by atoms with Crippen LogP contribution in [0.5, 0.6) is 11.5 Å². The first-order valence-electron chi connectivity index (χ1n) is 7.35. The highest BCUT2D eigenvalue weighted by atomic mass is 19.4. The minimum atomic E-state index is -4.76. The van der Waals surface area contributed by atoms with E-state index in [2.05, 4.69) is 15.4 Å². The van der Waals surface area contributed by atoms with Gasteiger partial charge in [0.2, 0.25) is 5.91 Å². The average Bonchev–Trinajstić information content (AvgIpc) is 2.57. The van der Waals surface area contributed by atoms with Crippen molar-refractivity contribution in [1.29, 1.82) is 0 Å². The predicted octanol–water partition coefficient (Wildman–Crippen LogP) is 3.32. The molecule has 0 saturated heterocycles. The van der Waals surface area contributed by atoms with E-state index >= 15 is 0 Å². The summed E-state index contributed by atoms with van der Waals surface area (Å²) < 4.78 is 45.4. The third-order valence-corrected chi connectivity index (χ3v) is 3.17. The molecule has 2 N–H and O–H groups in total. The van der Waals surface area contributed by atoms with E-state index < -0.39 is 6.36 Å². The molecule has 0 spiro atoms. The van der Waals surface area contributed by atoms with Gasteiger partial charge < -0.3 is 20.1 Å². The van der Waals surface area contributed by atoms with Gasteiger partial charge in [-0.25, -0.2) is 0 Å². The third-order valence-electron chi connectivity index (χ3n) is 3.17. The van der Waals surface area contributed by atoms with Crippen LogP contribution < -0.4 is 20.1 Å². The lowest BCUT2D eigenvalue weighted by molar-refractivity contribution is -0.274. The number of amides is 1. The summed E-state index contributed by atoms with van der Waals surface area (Å²) in [5.74, 6) is 0.0757. The molecule has 2 aromatic carbocycles. The van der Waals surface area contributed by atoms with Gasteiger partial charge >= 0.3 is 6.36 Å². The lowest BCUT2D eigenvalue weighted by atomic mass is 10.2. The average molecular weight is 354 g/mol. The smallest absolute Gasteiger partial charge is 0.497 e. The SMILES string of the molecule is COc1ccc(CNC(=O)CNc2cccc(OC(F)(F)F)c2)cc1. The second kappa shape index (κ2) is 8.27. The van der Waals surface area contributed by atoms with Crippen LogP contribution >= 0.6 is 0 Å². The molecule has 5 nitrogen and oxygen atoms in total. The molecule has 0 aromatic heterocycles. The van der Waals surface area contributed by atoms with E-state index in [1.807, 2.05) is 12.1 Å². The van der Waals surface area contributed by atoms with Crippen molar-refractivity contribution in [3.05, 3.63) is 54.1 Å². The molecule has 25 heavy (non-hydrogen) atoms. The fourth-order valence-corrected chi connectivity index (χ4v) is 1.99. The minimum absolute atomic E-state index is 0.0778. The van der Waals surface area contributed by atoms with E-state index in [4.69, 9.17) is 4.74 Å². The van der Waals surface area contributed by atoms with Crippen molar-refractivity contribution in [2.45, 2.75) is 12.9 Å². The monoisotopic (exact) mass is 354 g/mol. The zero-order valence-corrected chi connectivity index (χ0v) is 13.4. The maximum atomic E-state index is 12.2. The molecule has 0 radical (unpaired) electrons. The zero-order chi connectivity index (χ0) is 18.3. The van der Waals surface area contributed by atoms with Gasteiger partial charge in [-0.3, -0.25) is 4.79 Å². The summed E-state index contributed by atoms with van der Waals surface area (Å²) in [5.41, 5.74) is 1.25.